The van der Waals surface area contributed by atoms with E-state index in [1.807, 2.05) is 26.0 Å². The van der Waals surface area contributed by atoms with Gasteiger partial charge < -0.3 is 5.73 Å². The Hall–Kier alpha value is -1.13. The Morgan fingerprint density at radius 2 is 2.13 bits per heavy atom. The summed E-state index contributed by atoms with van der Waals surface area (Å²) in [5.74, 6) is 0. The molecule has 3 N–H and O–H groups in total. The van der Waals surface area contributed by atoms with Gasteiger partial charge in [0.2, 0.25) is 0 Å². The number of rotatable bonds is 2. The van der Waals surface area contributed by atoms with Crippen molar-refractivity contribution in [2.24, 2.45) is 10.8 Å². The zero-order valence-electron chi connectivity index (χ0n) is 8.54. The van der Waals surface area contributed by atoms with Gasteiger partial charge in [-0.1, -0.05) is 11.6 Å². The molecule has 5 heteroatoms. The van der Waals surface area contributed by atoms with Crippen LogP contribution >= 0.6 is 23.8 Å². The van der Waals surface area contributed by atoms with Crippen LogP contribution in [0.4, 0.5) is 0 Å². The first-order valence-electron chi connectivity index (χ1n) is 4.36. The Labute approximate surface area is 99.3 Å². The topological polar surface area (TPSA) is 50.4 Å². The molecule has 0 atom stereocenters. The smallest absolute Gasteiger partial charge is 0.184 e. The number of nitrogens with one attached hydrogen (secondary N) is 1. The minimum atomic E-state index is 0.148. The Morgan fingerprint density at radius 3 is 2.73 bits per heavy atom. The molecule has 0 saturated carbocycles. The minimum absolute atomic E-state index is 0.148. The van der Waals surface area contributed by atoms with Crippen molar-refractivity contribution in [3.05, 3.63) is 33.8 Å². The third kappa shape index (κ3) is 3.49. The van der Waals surface area contributed by atoms with Gasteiger partial charge in [0.15, 0.2) is 5.11 Å². The lowest BCUT2D eigenvalue weighted by Crippen LogP contribution is -2.24. The SMILES string of the molecule is Cc1cc(C=NNC(N)=S)c(C)cc1Cl. The molecule has 3 nitrogen and oxygen atoms in total. The second-order valence-corrected chi connectivity index (χ2v) is 4.04. The van der Waals surface area contributed by atoms with Crippen molar-refractivity contribution in [3.63, 3.8) is 0 Å². The predicted molar refractivity (Wildman–Crippen MR) is 68.4 cm³/mol. The van der Waals surface area contributed by atoms with Gasteiger partial charge in [0.1, 0.15) is 0 Å². The van der Waals surface area contributed by atoms with E-state index >= 15 is 0 Å². The zero-order chi connectivity index (χ0) is 11.4. The molecule has 80 valence electrons. The fourth-order valence-electron chi connectivity index (χ4n) is 1.11. The number of aryl methyl sites for hydroxylation is 2. The van der Waals surface area contributed by atoms with E-state index in [1.54, 1.807) is 6.21 Å². The summed E-state index contributed by atoms with van der Waals surface area (Å²) in [6, 6.07) is 3.86. The van der Waals surface area contributed by atoms with Crippen LogP contribution in [-0.4, -0.2) is 11.3 Å². The fraction of sp³-hybridized carbons (Fsp3) is 0.200. The minimum Gasteiger partial charge on any atom is -0.375 e. The van der Waals surface area contributed by atoms with Crippen LogP contribution < -0.4 is 11.2 Å². The van der Waals surface area contributed by atoms with E-state index in [2.05, 4.69) is 22.7 Å². The lowest BCUT2D eigenvalue weighted by atomic mass is 10.1. The molecule has 0 radical (unpaired) electrons. The summed E-state index contributed by atoms with van der Waals surface area (Å²) in [5, 5.41) is 4.79. The molecular weight excluding hydrogens is 230 g/mol. The molecule has 0 aliphatic heterocycles. The molecule has 0 unspecified atom stereocenters. The number of hydrogen-bond donors (Lipinski definition) is 2. The normalized spacial score (nSPS) is 10.6. The monoisotopic (exact) mass is 241 g/mol. The maximum atomic E-state index is 5.97. The molecule has 0 aliphatic rings. The third-order valence-electron chi connectivity index (χ3n) is 1.93. The van der Waals surface area contributed by atoms with Crippen molar-refractivity contribution in [1.82, 2.24) is 5.43 Å². The fourth-order valence-corrected chi connectivity index (χ4v) is 1.38. The molecular formula is C10H12ClN3S. The maximum Gasteiger partial charge on any atom is 0.184 e. The highest BCUT2D eigenvalue weighted by Gasteiger charge is 2.00. The van der Waals surface area contributed by atoms with E-state index < -0.39 is 0 Å². The number of halogens is 1. The van der Waals surface area contributed by atoms with Crippen molar-refractivity contribution in [2.75, 3.05) is 0 Å². The quantitative estimate of drug-likeness (QED) is 0.474. The van der Waals surface area contributed by atoms with Crippen LogP contribution in [0, 0.1) is 13.8 Å². The van der Waals surface area contributed by atoms with Gasteiger partial charge in [-0.2, -0.15) is 5.10 Å². The first-order chi connectivity index (χ1) is 7.00. The van der Waals surface area contributed by atoms with E-state index in [0.717, 1.165) is 21.7 Å². The van der Waals surface area contributed by atoms with Crippen LogP contribution in [0.3, 0.4) is 0 Å². The van der Waals surface area contributed by atoms with Gasteiger partial charge in [0.25, 0.3) is 0 Å². The molecule has 1 aromatic carbocycles. The van der Waals surface area contributed by atoms with Crippen molar-refractivity contribution in [2.45, 2.75) is 13.8 Å². The molecule has 0 heterocycles. The third-order valence-corrected chi connectivity index (χ3v) is 2.42. The van der Waals surface area contributed by atoms with Gasteiger partial charge in [-0.05, 0) is 54.9 Å². The van der Waals surface area contributed by atoms with Crippen LogP contribution in [0.25, 0.3) is 0 Å². The highest BCUT2D eigenvalue weighted by Crippen LogP contribution is 2.19. The zero-order valence-corrected chi connectivity index (χ0v) is 10.1. The molecule has 0 bridgehead atoms. The molecule has 15 heavy (non-hydrogen) atoms. The first kappa shape index (κ1) is 11.9. The highest BCUT2D eigenvalue weighted by molar-refractivity contribution is 7.80. The number of hydrazone groups is 1. The van der Waals surface area contributed by atoms with Crippen molar-refractivity contribution >= 4 is 35.1 Å². The highest BCUT2D eigenvalue weighted by atomic mass is 35.5. The van der Waals surface area contributed by atoms with E-state index in [9.17, 15) is 0 Å². The number of nitrogens with two attached hydrogens (primary N) is 1. The number of hydrogen-bond acceptors (Lipinski definition) is 2. The standard InChI is InChI=1S/C10H12ClN3S/c1-6-4-9(11)7(2)3-8(6)5-13-14-10(12)15/h3-5H,1-2H3,(H3,12,14,15). The van der Waals surface area contributed by atoms with Gasteiger partial charge in [0.05, 0.1) is 6.21 Å². The molecule has 0 spiro atoms. The van der Waals surface area contributed by atoms with Gasteiger partial charge in [-0.25, -0.2) is 0 Å². The lowest BCUT2D eigenvalue weighted by molar-refractivity contribution is 1.04. The first-order valence-corrected chi connectivity index (χ1v) is 5.14. The maximum absolute atomic E-state index is 5.97. The second kappa shape index (κ2) is 5.09. The van der Waals surface area contributed by atoms with E-state index in [0.29, 0.717) is 0 Å². The summed E-state index contributed by atoms with van der Waals surface area (Å²) in [6.45, 7) is 3.91. The molecule has 1 aromatic rings. The van der Waals surface area contributed by atoms with Crippen LogP contribution in [0.15, 0.2) is 17.2 Å². The van der Waals surface area contributed by atoms with Gasteiger partial charge in [-0.15, -0.1) is 0 Å². The molecule has 0 fully saturated rings. The molecule has 0 amide bonds. The number of thiocarbonyl (C=S) groups is 1. The van der Waals surface area contributed by atoms with Crippen LogP contribution in [0.2, 0.25) is 5.02 Å². The summed E-state index contributed by atoms with van der Waals surface area (Å²) in [6.07, 6.45) is 1.66. The second-order valence-electron chi connectivity index (χ2n) is 3.19. The number of nitrogens with zero attached hydrogens (tertiary/aromatic N) is 1. The van der Waals surface area contributed by atoms with Gasteiger partial charge >= 0.3 is 0 Å². The van der Waals surface area contributed by atoms with Crippen LogP contribution in [0.5, 0.6) is 0 Å². The van der Waals surface area contributed by atoms with Gasteiger partial charge in [-0.3, -0.25) is 5.43 Å². The molecule has 1 rings (SSSR count). The van der Waals surface area contributed by atoms with Gasteiger partial charge in [0, 0.05) is 5.02 Å². The summed E-state index contributed by atoms with van der Waals surface area (Å²) in [7, 11) is 0. The van der Waals surface area contributed by atoms with Crippen molar-refractivity contribution in [3.8, 4) is 0 Å². The van der Waals surface area contributed by atoms with Crippen LogP contribution in [0.1, 0.15) is 16.7 Å². The summed E-state index contributed by atoms with van der Waals surface area (Å²) in [4.78, 5) is 0. The summed E-state index contributed by atoms with van der Waals surface area (Å²) >= 11 is 10.6. The van der Waals surface area contributed by atoms with E-state index in [1.165, 1.54) is 0 Å². The molecule has 0 aromatic heterocycles. The Bertz CT molecular complexity index is 415. The van der Waals surface area contributed by atoms with E-state index in [4.69, 9.17) is 17.3 Å². The van der Waals surface area contributed by atoms with Crippen molar-refractivity contribution < 1.29 is 0 Å². The Kier molecular flexibility index (Phi) is 4.05. The average Bonchev–Trinajstić information content (AvgIpc) is 2.13. The Morgan fingerprint density at radius 1 is 1.47 bits per heavy atom. The van der Waals surface area contributed by atoms with E-state index in [-0.39, 0.29) is 5.11 Å². The van der Waals surface area contributed by atoms with Crippen molar-refractivity contribution in [1.29, 1.82) is 0 Å². The number of benzene rings is 1. The lowest BCUT2D eigenvalue weighted by Gasteiger charge is -2.04. The predicted octanol–water partition coefficient (Wildman–Crippen LogP) is 2.12. The Balaban J connectivity index is 2.90. The molecule has 0 aliphatic carbocycles. The summed E-state index contributed by atoms with van der Waals surface area (Å²) < 4.78 is 0. The van der Waals surface area contributed by atoms with Crippen LogP contribution in [-0.2, 0) is 0 Å². The summed E-state index contributed by atoms with van der Waals surface area (Å²) in [5.41, 5.74) is 10.8. The molecule has 0 saturated heterocycles. The average molecular weight is 242 g/mol. The largest absolute Gasteiger partial charge is 0.375 e.